The normalized spacial score (nSPS) is 21.0. The minimum atomic E-state index is -0.277. The van der Waals surface area contributed by atoms with Gasteiger partial charge in [0.05, 0.1) is 6.61 Å². The average Bonchev–Trinajstić information content (AvgIpc) is 2.19. The molecule has 0 aromatic rings. The highest BCUT2D eigenvalue weighted by atomic mass is 16.5. The number of carbonyl (C=O) groups excluding carboxylic acids is 1. The largest absolute Gasteiger partial charge is 0.462 e. The number of ether oxygens (including phenoxy) is 1. The molecule has 0 radical (unpaired) electrons. The maximum absolute atomic E-state index is 10.1. The fourth-order valence-corrected chi connectivity index (χ4v) is 2.05. The van der Waals surface area contributed by atoms with Gasteiger partial charge in [0.1, 0.15) is 6.10 Å². The van der Waals surface area contributed by atoms with E-state index in [1.54, 1.807) is 0 Å². The van der Waals surface area contributed by atoms with Crippen LogP contribution < -0.4 is 0 Å². The molecule has 1 N–H and O–H groups in total. The quantitative estimate of drug-likeness (QED) is 0.662. The molecule has 1 saturated carbocycles. The SMILES string of the molecule is O=COC(CO)CC1CCCCC1. The molecule has 0 aromatic carbocycles. The Morgan fingerprint density at radius 3 is 2.62 bits per heavy atom. The second kappa shape index (κ2) is 5.97. The summed E-state index contributed by atoms with van der Waals surface area (Å²) in [5, 5.41) is 8.90. The first kappa shape index (κ1) is 10.5. The van der Waals surface area contributed by atoms with Crippen LogP contribution in [0.1, 0.15) is 38.5 Å². The third-order valence-electron chi connectivity index (χ3n) is 2.77. The molecule has 1 atom stereocenters. The Kier molecular flexibility index (Phi) is 4.83. The summed E-state index contributed by atoms with van der Waals surface area (Å²) < 4.78 is 4.76. The zero-order chi connectivity index (χ0) is 9.52. The fourth-order valence-electron chi connectivity index (χ4n) is 2.05. The average molecular weight is 186 g/mol. The topological polar surface area (TPSA) is 46.5 Å². The van der Waals surface area contributed by atoms with E-state index < -0.39 is 0 Å². The second-order valence-electron chi connectivity index (χ2n) is 3.78. The van der Waals surface area contributed by atoms with Crippen LogP contribution in [0, 0.1) is 5.92 Å². The van der Waals surface area contributed by atoms with Gasteiger partial charge in [0.15, 0.2) is 0 Å². The third-order valence-corrected chi connectivity index (χ3v) is 2.77. The van der Waals surface area contributed by atoms with Crippen LogP contribution in [0.5, 0.6) is 0 Å². The zero-order valence-electron chi connectivity index (χ0n) is 7.95. The van der Waals surface area contributed by atoms with Gasteiger partial charge >= 0.3 is 0 Å². The standard InChI is InChI=1S/C10H18O3/c11-7-10(13-8-12)6-9-4-2-1-3-5-9/h8-11H,1-7H2. The van der Waals surface area contributed by atoms with Crippen LogP contribution in [0.15, 0.2) is 0 Å². The molecule has 3 nitrogen and oxygen atoms in total. The van der Waals surface area contributed by atoms with Gasteiger partial charge in [-0.15, -0.1) is 0 Å². The molecule has 1 unspecified atom stereocenters. The van der Waals surface area contributed by atoms with E-state index in [0.717, 1.165) is 6.42 Å². The van der Waals surface area contributed by atoms with E-state index in [1.807, 2.05) is 0 Å². The summed E-state index contributed by atoms with van der Waals surface area (Å²) in [5.41, 5.74) is 0. The summed E-state index contributed by atoms with van der Waals surface area (Å²) in [6.07, 6.45) is 6.88. The Morgan fingerprint density at radius 1 is 1.38 bits per heavy atom. The van der Waals surface area contributed by atoms with Gasteiger partial charge in [0.2, 0.25) is 0 Å². The summed E-state index contributed by atoms with van der Waals surface area (Å²) in [6.45, 7) is 0.388. The van der Waals surface area contributed by atoms with Crippen molar-refractivity contribution < 1.29 is 14.6 Å². The predicted octanol–water partition coefficient (Wildman–Crippen LogP) is 1.49. The Bertz CT molecular complexity index is 141. The Morgan fingerprint density at radius 2 is 2.08 bits per heavy atom. The van der Waals surface area contributed by atoms with E-state index in [9.17, 15) is 4.79 Å². The van der Waals surface area contributed by atoms with Crippen LogP contribution >= 0.6 is 0 Å². The van der Waals surface area contributed by atoms with E-state index in [-0.39, 0.29) is 12.7 Å². The summed E-state index contributed by atoms with van der Waals surface area (Å²) >= 11 is 0. The molecule has 0 spiro atoms. The van der Waals surface area contributed by atoms with Gasteiger partial charge in [0.25, 0.3) is 6.47 Å². The minimum Gasteiger partial charge on any atom is -0.462 e. The van der Waals surface area contributed by atoms with Gasteiger partial charge in [-0.2, -0.15) is 0 Å². The molecule has 13 heavy (non-hydrogen) atoms. The van der Waals surface area contributed by atoms with E-state index in [2.05, 4.69) is 0 Å². The van der Waals surface area contributed by atoms with Gasteiger partial charge in [-0.05, 0) is 12.3 Å². The van der Waals surface area contributed by atoms with Crippen molar-refractivity contribution in [2.75, 3.05) is 6.61 Å². The molecule has 1 aliphatic carbocycles. The minimum absolute atomic E-state index is 0.0464. The maximum Gasteiger partial charge on any atom is 0.293 e. The van der Waals surface area contributed by atoms with Crippen molar-refractivity contribution >= 4 is 6.47 Å². The number of hydrogen-bond donors (Lipinski definition) is 1. The highest BCUT2D eigenvalue weighted by Gasteiger charge is 2.18. The smallest absolute Gasteiger partial charge is 0.293 e. The molecule has 1 rings (SSSR count). The van der Waals surface area contributed by atoms with Gasteiger partial charge < -0.3 is 9.84 Å². The molecule has 76 valence electrons. The number of aliphatic hydroxyl groups excluding tert-OH is 1. The van der Waals surface area contributed by atoms with Crippen LogP contribution in [0.25, 0.3) is 0 Å². The van der Waals surface area contributed by atoms with Crippen molar-refractivity contribution in [3.05, 3.63) is 0 Å². The lowest BCUT2D eigenvalue weighted by Gasteiger charge is -2.24. The van der Waals surface area contributed by atoms with Crippen molar-refractivity contribution in [1.82, 2.24) is 0 Å². The molecule has 1 fully saturated rings. The summed E-state index contributed by atoms with van der Waals surface area (Å²) in [4.78, 5) is 10.1. The van der Waals surface area contributed by atoms with E-state index in [4.69, 9.17) is 9.84 Å². The number of rotatable bonds is 5. The molecule has 0 heterocycles. The lowest BCUT2D eigenvalue weighted by Crippen LogP contribution is -2.22. The molecule has 0 aliphatic heterocycles. The van der Waals surface area contributed by atoms with Crippen LogP contribution in [-0.2, 0) is 9.53 Å². The van der Waals surface area contributed by atoms with Crippen LogP contribution in [-0.4, -0.2) is 24.3 Å². The lowest BCUT2D eigenvalue weighted by molar-refractivity contribution is -0.136. The maximum atomic E-state index is 10.1. The Balaban J connectivity index is 2.22. The molecule has 0 aromatic heterocycles. The third kappa shape index (κ3) is 3.77. The van der Waals surface area contributed by atoms with Crippen molar-refractivity contribution in [1.29, 1.82) is 0 Å². The van der Waals surface area contributed by atoms with Gasteiger partial charge in [-0.3, -0.25) is 4.79 Å². The van der Waals surface area contributed by atoms with E-state index in [0.29, 0.717) is 12.4 Å². The number of carbonyl (C=O) groups is 1. The molecule has 1 aliphatic rings. The summed E-state index contributed by atoms with van der Waals surface area (Å²) in [6, 6.07) is 0. The molecule has 0 bridgehead atoms. The van der Waals surface area contributed by atoms with Crippen molar-refractivity contribution in [2.45, 2.75) is 44.6 Å². The second-order valence-corrected chi connectivity index (χ2v) is 3.78. The number of hydrogen-bond acceptors (Lipinski definition) is 3. The molecule has 0 saturated heterocycles. The van der Waals surface area contributed by atoms with Crippen molar-refractivity contribution in [3.63, 3.8) is 0 Å². The first-order chi connectivity index (χ1) is 6.36. The summed E-state index contributed by atoms with van der Waals surface area (Å²) in [5.74, 6) is 0.644. The Labute approximate surface area is 79.1 Å². The van der Waals surface area contributed by atoms with Crippen LogP contribution in [0.4, 0.5) is 0 Å². The van der Waals surface area contributed by atoms with Gasteiger partial charge in [0, 0.05) is 0 Å². The molecule has 0 amide bonds. The Hall–Kier alpha value is -0.570. The first-order valence-electron chi connectivity index (χ1n) is 5.06. The van der Waals surface area contributed by atoms with Gasteiger partial charge in [-0.25, -0.2) is 0 Å². The van der Waals surface area contributed by atoms with Crippen LogP contribution in [0.2, 0.25) is 0 Å². The first-order valence-corrected chi connectivity index (χ1v) is 5.06. The summed E-state index contributed by atoms with van der Waals surface area (Å²) in [7, 11) is 0. The molecular formula is C10H18O3. The molecule has 3 heteroatoms. The highest BCUT2D eigenvalue weighted by Crippen LogP contribution is 2.27. The van der Waals surface area contributed by atoms with Crippen molar-refractivity contribution in [2.24, 2.45) is 5.92 Å². The van der Waals surface area contributed by atoms with E-state index in [1.165, 1.54) is 32.1 Å². The van der Waals surface area contributed by atoms with Crippen molar-refractivity contribution in [3.8, 4) is 0 Å². The van der Waals surface area contributed by atoms with Gasteiger partial charge in [-0.1, -0.05) is 32.1 Å². The molecular weight excluding hydrogens is 168 g/mol. The van der Waals surface area contributed by atoms with E-state index >= 15 is 0 Å². The zero-order valence-corrected chi connectivity index (χ0v) is 7.95. The fraction of sp³-hybridized carbons (Fsp3) is 0.900. The number of aliphatic hydroxyl groups is 1. The predicted molar refractivity (Wildman–Crippen MR) is 49.2 cm³/mol. The highest BCUT2D eigenvalue weighted by molar-refractivity contribution is 5.37. The monoisotopic (exact) mass is 186 g/mol. The lowest BCUT2D eigenvalue weighted by atomic mass is 9.85. The van der Waals surface area contributed by atoms with Crippen LogP contribution in [0.3, 0.4) is 0 Å².